The maximum Gasteiger partial charge on any atom is 0.0468 e. The Hall–Kier alpha value is -10.5. The van der Waals surface area contributed by atoms with Crippen LogP contribution in [0.1, 0.15) is 0 Å². The molecule has 0 bridgehead atoms. The van der Waals surface area contributed by atoms with Gasteiger partial charge in [0.05, 0.1) is 0 Å². The highest BCUT2D eigenvalue weighted by Crippen LogP contribution is 2.56. The van der Waals surface area contributed by atoms with Crippen LogP contribution in [0.15, 0.2) is 291 Å². The molecule has 80 heavy (non-hydrogen) atoms. The largest absolute Gasteiger partial charge is 0.310 e. The fourth-order valence-corrected chi connectivity index (χ4v) is 13.8. The Kier molecular flexibility index (Phi) is 9.75. The maximum absolute atomic E-state index is 2.49. The van der Waals surface area contributed by atoms with Gasteiger partial charge in [-0.15, -0.1) is 0 Å². The van der Waals surface area contributed by atoms with Crippen molar-refractivity contribution in [3.63, 3.8) is 0 Å². The van der Waals surface area contributed by atoms with Crippen molar-refractivity contribution < 1.29 is 0 Å². The smallest absolute Gasteiger partial charge is 0.0468 e. The summed E-state index contributed by atoms with van der Waals surface area (Å²) < 4.78 is 0. The zero-order valence-corrected chi connectivity index (χ0v) is 43.6. The molecule has 0 spiro atoms. The van der Waals surface area contributed by atoms with Crippen molar-refractivity contribution in [1.82, 2.24) is 0 Å². The van der Waals surface area contributed by atoms with Crippen LogP contribution in [0.25, 0.3) is 131 Å². The van der Waals surface area contributed by atoms with Crippen LogP contribution in [0.3, 0.4) is 0 Å². The van der Waals surface area contributed by atoms with Crippen molar-refractivity contribution in [3.05, 3.63) is 291 Å². The fourth-order valence-electron chi connectivity index (χ4n) is 13.8. The number of fused-ring (bicyclic) bond motifs is 10. The van der Waals surface area contributed by atoms with Crippen LogP contribution < -0.4 is 9.80 Å². The Morgan fingerprint density at radius 3 is 0.912 bits per heavy atom. The first-order chi connectivity index (χ1) is 39.7. The van der Waals surface area contributed by atoms with Gasteiger partial charge in [-0.1, -0.05) is 218 Å². The normalized spacial score (nSPS) is 12.0. The van der Waals surface area contributed by atoms with E-state index in [2.05, 4.69) is 301 Å². The highest BCUT2D eigenvalue weighted by atomic mass is 15.1. The molecule has 370 valence electrons. The number of benzene rings is 15. The Morgan fingerprint density at radius 2 is 0.487 bits per heavy atom. The Balaban J connectivity index is 1.02. The van der Waals surface area contributed by atoms with Crippen molar-refractivity contribution in [3.8, 4) is 66.8 Å². The van der Waals surface area contributed by atoms with E-state index in [1.165, 1.54) is 131 Å². The lowest BCUT2D eigenvalue weighted by Gasteiger charge is -2.28. The SMILES string of the molecule is c1ccc(N(c2ccc3ccccc3c2)c2ccc3c(-c4ccc5c6c(cccc46)-c4ccccc4-5)c4cc(N(c5ccccc5)c5ccc6ccccc6c5)ccc4c(-c4ccc5c6c(cccc46)-c4ccccc4-5)c3c2)cc1. The molecule has 2 aliphatic carbocycles. The minimum Gasteiger partial charge on any atom is -0.310 e. The van der Waals surface area contributed by atoms with E-state index in [1.54, 1.807) is 0 Å². The number of rotatable bonds is 8. The number of anilines is 6. The first-order valence-corrected chi connectivity index (χ1v) is 27.7. The van der Waals surface area contributed by atoms with E-state index >= 15 is 0 Å². The van der Waals surface area contributed by atoms with E-state index in [0.29, 0.717) is 0 Å². The number of para-hydroxylation sites is 2. The van der Waals surface area contributed by atoms with Gasteiger partial charge in [-0.25, -0.2) is 0 Å². The summed E-state index contributed by atoms with van der Waals surface area (Å²) in [5, 5.41) is 14.7. The fraction of sp³-hybridized carbons (Fsp3) is 0. The molecule has 17 rings (SSSR count). The molecule has 0 unspecified atom stereocenters. The highest BCUT2D eigenvalue weighted by molar-refractivity contribution is 6.30. The van der Waals surface area contributed by atoms with Crippen LogP contribution in [0.4, 0.5) is 34.1 Å². The second-order valence-corrected chi connectivity index (χ2v) is 21.5. The summed E-state index contributed by atoms with van der Waals surface area (Å²) in [5.41, 5.74) is 21.8. The topological polar surface area (TPSA) is 6.48 Å². The second kappa shape index (κ2) is 17.5. The number of hydrogen-bond acceptors (Lipinski definition) is 2. The zero-order valence-electron chi connectivity index (χ0n) is 43.6. The third-order valence-electron chi connectivity index (χ3n) is 17.2. The quantitative estimate of drug-likeness (QED) is 0.140. The van der Waals surface area contributed by atoms with Crippen molar-refractivity contribution in [2.45, 2.75) is 0 Å². The van der Waals surface area contributed by atoms with E-state index in [-0.39, 0.29) is 0 Å². The summed E-state index contributed by atoms with van der Waals surface area (Å²) >= 11 is 0. The Morgan fingerprint density at radius 1 is 0.163 bits per heavy atom. The number of hydrogen-bond donors (Lipinski definition) is 0. The summed E-state index contributed by atoms with van der Waals surface area (Å²) in [6, 6.07) is 109. The van der Waals surface area contributed by atoms with Gasteiger partial charge in [0.1, 0.15) is 0 Å². The maximum atomic E-state index is 2.49. The lowest BCUT2D eigenvalue weighted by Crippen LogP contribution is -2.10. The summed E-state index contributed by atoms with van der Waals surface area (Å²) in [7, 11) is 0. The first kappa shape index (κ1) is 44.6. The lowest BCUT2D eigenvalue weighted by molar-refractivity contribution is 1.29. The minimum atomic E-state index is 1.09. The molecule has 15 aromatic rings. The van der Waals surface area contributed by atoms with Crippen LogP contribution in [0, 0.1) is 0 Å². The van der Waals surface area contributed by atoms with Gasteiger partial charge in [-0.3, -0.25) is 0 Å². The van der Waals surface area contributed by atoms with Crippen LogP contribution in [-0.4, -0.2) is 0 Å². The van der Waals surface area contributed by atoms with Gasteiger partial charge in [0.2, 0.25) is 0 Å². The number of nitrogens with zero attached hydrogens (tertiary/aromatic N) is 2. The molecule has 0 N–H and O–H groups in total. The predicted octanol–water partition coefficient (Wildman–Crippen LogP) is 22.2. The van der Waals surface area contributed by atoms with Crippen molar-refractivity contribution in [2.75, 3.05) is 9.80 Å². The average Bonchev–Trinajstić information content (AvgIpc) is 4.09. The standard InChI is InChI=1S/C78H48N2/c1-3-21-53(22-4-1)79(55-35-33-49-17-7-9-19-51(49)45-55)57-37-39-71-73(47-57)77(69-43-41-67-61-27-13-11-25-59(61)63-29-15-31-65(69)75(63)67)72-40-38-58(80(54-23-5-2-6-24-54)56-36-34-50-18-8-10-20-52(50)46-56)48-74(72)78(71)70-44-42-68-62-28-14-12-26-60(62)64-30-16-32-66(70)76(64)68/h1-48H. The van der Waals surface area contributed by atoms with Crippen LogP contribution in [0.2, 0.25) is 0 Å². The molecule has 0 saturated carbocycles. The summed E-state index contributed by atoms with van der Waals surface area (Å²) in [5.74, 6) is 0. The molecule has 0 aliphatic heterocycles. The average molecular weight is 1010 g/mol. The zero-order chi connectivity index (χ0) is 52.4. The van der Waals surface area contributed by atoms with Gasteiger partial charge in [0, 0.05) is 34.1 Å². The van der Waals surface area contributed by atoms with Crippen LogP contribution in [0.5, 0.6) is 0 Å². The molecule has 15 aromatic carbocycles. The van der Waals surface area contributed by atoms with Crippen molar-refractivity contribution in [2.24, 2.45) is 0 Å². The monoisotopic (exact) mass is 1010 g/mol. The summed E-state index contributed by atoms with van der Waals surface area (Å²) in [4.78, 5) is 4.87. The van der Waals surface area contributed by atoms with Gasteiger partial charge >= 0.3 is 0 Å². The molecule has 2 aliphatic rings. The second-order valence-electron chi connectivity index (χ2n) is 21.5. The molecule has 0 saturated heterocycles. The molecule has 0 fully saturated rings. The third-order valence-corrected chi connectivity index (χ3v) is 17.2. The van der Waals surface area contributed by atoms with Crippen LogP contribution in [-0.2, 0) is 0 Å². The van der Waals surface area contributed by atoms with E-state index in [9.17, 15) is 0 Å². The molecule has 2 nitrogen and oxygen atoms in total. The van der Waals surface area contributed by atoms with Gasteiger partial charge in [0.25, 0.3) is 0 Å². The van der Waals surface area contributed by atoms with Crippen molar-refractivity contribution in [1.29, 1.82) is 0 Å². The molecule has 0 heterocycles. The van der Waals surface area contributed by atoms with Gasteiger partial charge < -0.3 is 9.80 Å². The minimum absolute atomic E-state index is 1.09. The summed E-state index contributed by atoms with van der Waals surface area (Å²) in [6.45, 7) is 0. The molecule has 0 atom stereocenters. The van der Waals surface area contributed by atoms with E-state index in [0.717, 1.165) is 34.1 Å². The van der Waals surface area contributed by atoms with Gasteiger partial charge in [-0.2, -0.15) is 0 Å². The van der Waals surface area contributed by atoms with Gasteiger partial charge in [0.15, 0.2) is 0 Å². The Labute approximate surface area is 463 Å². The third kappa shape index (κ3) is 6.66. The van der Waals surface area contributed by atoms with E-state index < -0.39 is 0 Å². The molecular formula is C78H48N2. The molecule has 0 amide bonds. The lowest BCUT2D eigenvalue weighted by atomic mass is 9.82. The predicted molar refractivity (Wildman–Crippen MR) is 341 cm³/mol. The van der Waals surface area contributed by atoms with Crippen molar-refractivity contribution >= 4 is 98.8 Å². The van der Waals surface area contributed by atoms with E-state index in [1.807, 2.05) is 0 Å². The van der Waals surface area contributed by atoms with E-state index in [4.69, 9.17) is 0 Å². The Bertz CT molecular complexity index is 4700. The molecular weight excluding hydrogens is 965 g/mol. The summed E-state index contributed by atoms with van der Waals surface area (Å²) in [6.07, 6.45) is 0. The first-order valence-electron chi connectivity index (χ1n) is 27.7. The van der Waals surface area contributed by atoms with Crippen LogP contribution >= 0.6 is 0 Å². The molecule has 2 heteroatoms. The molecule has 0 aromatic heterocycles. The highest BCUT2D eigenvalue weighted by Gasteiger charge is 2.29. The van der Waals surface area contributed by atoms with Gasteiger partial charge in [-0.05, 0) is 204 Å². The molecule has 0 radical (unpaired) electrons.